The first-order valence-corrected chi connectivity index (χ1v) is 5.63. The number of carboxylic acids is 1. The molecule has 0 radical (unpaired) electrons. The maximum Gasteiger partial charge on any atom is 0.325 e. The van der Waals surface area contributed by atoms with Crippen LogP contribution in [0.2, 0.25) is 0 Å². The second-order valence-electron chi connectivity index (χ2n) is 3.17. The summed E-state index contributed by atoms with van der Waals surface area (Å²) in [5, 5.41) is 13.4. The van der Waals surface area contributed by atoms with Crippen molar-refractivity contribution in [3.05, 3.63) is 27.8 Å². The van der Waals surface area contributed by atoms with E-state index in [0.29, 0.717) is 5.69 Å². The smallest absolute Gasteiger partial charge is 0.325 e. The average molecular weight is 334 g/mol. The number of amides is 2. The van der Waals surface area contributed by atoms with Gasteiger partial charge in [-0.1, -0.05) is 6.07 Å². The Morgan fingerprint density at radius 3 is 2.69 bits per heavy atom. The summed E-state index contributed by atoms with van der Waals surface area (Å²) in [6.07, 6.45) is 0. The van der Waals surface area contributed by atoms with Gasteiger partial charge in [-0.2, -0.15) is 0 Å². The van der Waals surface area contributed by atoms with Gasteiger partial charge < -0.3 is 15.7 Å². The third-order valence-electron chi connectivity index (χ3n) is 1.80. The highest BCUT2D eigenvalue weighted by molar-refractivity contribution is 14.1. The van der Waals surface area contributed by atoms with Crippen LogP contribution in [0.3, 0.4) is 0 Å². The molecule has 0 aromatic heterocycles. The molecule has 0 aliphatic rings. The largest absolute Gasteiger partial charge is 0.480 e. The van der Waals surface area contributed by atoms with Gasteiger partial charge in [0.2, 0.25) is 0 Å². The van der Waals surface area contributed by atoms with E-state index in [9.17, 15) is 9.59 Å². The molecule has 0 aliphatic heterocycles. The van der Waals surface area contributed by atoms with Gasteiger partial charge in [0, 0.05) is 9.26 Å². The number of urea groups is 1. The predicted molar refractivity (Wildman–Crippen MR) is 68.4 cm³/mol. The van der Waals surface area contributed by atoms with Crippen molar-refractivity contribution in [2.75, 3.05) is 5.32 Å². The van der Waals surface area contributed by atoms with E-state index in [1.807, 2.05) is 6.07 Å². The lowest BCUT2D eigenvalue weighted by Gasteiger charge is -2.10. The Bertz CT molecular complexity index is 409. The Kier molecular flexibility index (Phi) is 4.53. The van der Waals surface area contributed by atoms with Crippen LogP contribution in [-0.4, -0.2) is 23.1 Å². The van der Waals surface area contributed by atoms with Gasteiger partial charge in [0.25, 0.3) is 0 Å². The Morgan fingerprint density at radius 1 is 1.44 bits per heavy atom. The molecule has 3 N–H and O–H groups in total. The zero-order valence-corrected chi connectivity index (χ0v) is 10.7. The molecule has 0 spiro atoms. The van der Waals surface area contributed by atoms with E-state index in [1.54, 1.807) is 18.2 Å². The Labute approximate surface area is 106 Å². The molecular formula is C10H11IN2O3. The van der Waals surface area contributed by atoms with Crippen LogP contribution in [0.25, 0.3) is 0 Å². The minimum atomic E-state index is -1.07. The van der Waals surface area contributed by atoms with Gasteiger partial charge in [0.1, 0.15) is 6.04 Å². The second kappa shape index (κ2) is 5.69. The lowest BCUT2D eigenvalue weighted by Crippen LogP contribution is -2.40. The first kappa shape index (κ1) is 12.8. The number of rotatable bonds is 3. The molecule has 1 unspecified atom stereocenters. The molecule has 0 saturated carbocycles. The molecule has 0 fully saturated rings. The summed E-state index contributed by atoms with van der Waals surface area (Å²) < 4.78 is 0.988. The number of hydrogen-bond donors (Lipinski definition) is 3. The number of anilines is 1. The summed E-state index contributed by atoms with van der Waals surface area (Å²) in [5.74, 6) is -1.07. The highest BCUT2D eigenvalue weighted by atomic mass is 127. The summed E-state index contributed by atoms with van der Waals surface area (Å²) in [6, 6.07) is 5.76. The molecule has 2 amide bonds. The van der Waals surface area contributed by atoms with Crippen molar-refractivity contribution in [3.63, 3.8) is 0 Å². The van der Waals surface area contributed by atoms with Crippen molar-refractivity contribution in [3.8, 4) is 0 Å². The first-order chi connectivity index (χ1) is 7.49. The highest BCUT2D eigenvalue weighted by Gasteiger charge is 2.13. The lowest BCUT2D eigenvalue weighted by molar-refractivity contribution is -0.138. The molecule has 5 nitrogen and oxygen atoms in total. The maximum absolute atomic E-state index is 11.4. The zero-order valence-electron chi connectivity index (χ0n) is 8.53. The monoisotopic (exact) mass is 334 g/mol. The minimum absolute atomic E-state index is 0.531. The van der Waals surface area contributed by atoms with E-state index in [-0.39, 0.29) is 0 Å². The number of halogens is 1. The molecule has 1 aromatic rings. The van der Waals surface area contributed by atoms with Crippen LogP contribution in [0.4, 0.5) is 10.5 Å². The van der Waals surface area contributed by atoms with Gasteiger partial charge >= 0.3 is 12.0 Å². The van der Waals surface area contributed by atoms with Crippen LogP contribution in [0, 0.1) is 3.57 Å². The summed E-state index contributed by atoms with van der Waals surface area (Å²) in [5.41, 5.74) is 0.627. The SMILES string of the molecule is CC(NC(=O)Nc1cccc(I)c1)C(=O)O. The van der Waals surface area contributed by atoms with E-state index in [1.165, 1.54) is 6.92 Å². The zero-order chi connectivity index (χ0) is 12.1. The molecule has 1 rings (SSSR count). The molecule has 1 atom stereocenters. The number of carbonyl (C=O) groups excluding carboxylic acids is 1. The van der Waals surface area contributed by atoms with Crippen LogP contribution in [0.5, 0.6) is 0 Å². The van der Waals surface area contributed by atoms with Gasteiger partial charge in [0.05, 0.1) is 0 Å². The van der Waals surface area contributed by atoms with Gasteiger partial charge in [-0.15, -0.1) is 0 Å². The van der Waals surface area contributed by atoms with Crippen molar-refractivity contribution in [1.29, 1.82) is 0 Å². The summed E-state index contributed by atoms with van der Waals surface area (Å²) in [6.45, 7) is 1.40. The number of aliphatic carboxylic acids is 1. The van der Waals surface area contributed by atoms with Crippen molar-refractivity contribution < 1.29 is 14.7 Å². The fraction of sp³-hybridized carbons (Fsp3) is 0.200. The molecule has 0 saturated heterocycles. The standard InChI is InChI=1S/C10H11IN2O3/c1-6(9(14)15)12-10(16)13-8-4-2-3-7(11)5-8/h2-6H,1H3,(H,14,15)(H2,12,13,16). The average Bonchev–Trinajstić information content (AvgIpc) is 2.16. The fourth-order valence-electron chi connectivity index (χ4n) is 0.992. The summed E-state index contributed by atoms with van der Waals surface area (Å²) >= 11 is 2.12. The summed E-state index contributed by atoms with van der Waals surface area (Å²) in [7, 11) is 0. The van der Waals surface area contributed by atoms with Crippen molar-refractivity contribution in [2.45, 2.75) is 13.0 Å². The van der Waals surface area contributed by atoms with E-state index >= 15 is 0 Å². The van der Waals surface area contributed by atoms with E-state index < -0.39 is 18.0 Å². The van der Waals surface area contributed by atoms with E-state index in [2.05, 4.69) is 33.2 Å². The molecule has 0 heterocycles. The maximum atomic E-state index is 11.4. The molecule has 86 valence electrons. The Morgan fingerprint density at radius 2 is 2.12 bits per heavy atom. The van der Waals surface area contributed by atoms with E-state index in [4.69, 9.17) is 5.11 Å². The van der Waals surface area contributed by atoms with Crippen LogP contribution >= 0.6 is 22.6 Å². The highest BCUT2D eigenvalue weighted by Crippen LogP contribution is 2.11. The Hall–Kier alpha value is -1.31. The van der Waals surface area contributed by atoms with Gasteiger partial charge in [-0.3, -0.25) is 4.79 Å². The van der Waals surface area contributed by atoms with Crippen LogP contribution in [-0.2, 0) is 4.79 Å². The number of nitrogens with one attached hydrogen (secondary N) is 2. The van der Waals surface area contributed by atoms with Crippen molar-refractivity contribution in [1.82, 2.24) is 5.32 Å². The first-order valence-electron chi connectivity index (χ1n) is 4.55. The Balaban J connectivity index is 2.55. The van der Waals surface area contributed by atoms with Crippen LogP contribution < -0.4 is 10.6 Å². The lowest BCUT2D eigenvalue weighted by atomic mass is 10.3. The summed E-state index contributed by atoms with van der Waals surface area (Å²) in [4.78, 5) is 21.8. The molecule has 16 heavy (non-hydrogen) atoms. The number of carbonyl (C=O) groups is 2. The molecule has 0 bridgehead atoms. The molecular weight excluding hydrogens is 323 g/mol. The third-order valence-corrected chi connectivity index (χ3v) is 2.47. The van der Waals surface area contributed by atoms with Crippen LogP contribution in [0.1, 0.15) is 6.92 Å². The topological polar surface area (TPSA) is 78.4 Å². The van der Waals surface area contributed by atoms with Gasteiger partial charge in [-0.25, -0.2) is 4.79 Å². The number of benzene rings is 1. The van der Waals surface area contributed by atoms with Gasteiger partial charge in [-0.05, 0) is 47.7 Å². The molecule has 6 heteroatoms. The molecule has 1 aromatic carbocycles. The second-order valence-corrected chi connectivity index (χ2v) is 4.41. The van der Waals surface area contributed by atoms with Crippen molar-refractivity contribution >= 4 is 40.3 Å². The third kappa shape index (κ3) is 4.05. The van der Waals surface area contributed by atoms with Crippen molar-refractivity contribution in [2.24, 2.45) is 0 Å². The fourth-order valence-corrected chi connectivity index (χ4v) is 1.53. The van der Waals surface area contributed by atoms with E-state index in [0.717, 1.165) is 3.57 Å². The van der Waals surface area contributed by atoms with Gasteiger partial charge in [0.15, 0.2) is 0 Å². The molecule has 0 aliphatic carbocycles. The minimum Gasteiger partial charge on any atom is -0.480 e. The number of carboxylic acid groups (broad SMARTS) is 1. The predicted octanol–water partition coefficient (Wildman–Crippen LogP) is 1.89. The number of hydrogen-bond acceptors (Lipinski definition) is 2. The quantitative estimate of drug-likeness (QED) is 0.739. The van der Waals surface area contributed by atoms with Crippen LogP contribution in [0.15, 0.2) is 24.3 Å². The normalized spacial score (nSPS) is 11.6.